The predicted octanol–water partition coefficient (Wildman–Crippen LogP) is 3.15. The SMILES string of the molecule is COc1ccc(-c2ccc(C(=O)NCC3(O)CCC3)c(F)c2)cc1. The molecule has 4 nitrogen and oxygen atoms in total. The van der Waals surface area contributed by atoms with E-state index in [0.717, 1.165) is 17.7 Å². The highest BCUT2D eigenvalue weighted by Gasteiger charge is 2.34. The molecule has 0 heterocycles. The molecule has 126 valence electrons. The van der Waals surface area contributed by atoms with Crippen molar-refractivity contribution < 1.29 is 19.0 Å². The van der Waals surface area contributed by atoms with Gasteiger partial charge in [0, 0.05) is 6.54 Å². The van der Waals surface area contributed by atoms with E-state index in [1.165, 1.54) is 12.1 Å². The molecule has 0 saturated heterocycles. The van der Waals surface area contributed by atoms with E-state index in [4.69, 9.17) is 4.74 Å². The molecule has 1 fully saturated rings. The lowest BCUT2D eigenvalue weighted by molar-refractivity contribution is -0.0300. The summed E-state index contributed by atoms with van der Waals surface area (Å²) in [5.74, 6) is -0.361. The standard InChI is InChI=1S/C19H20FNO3/c1-24-15-6-3-13(4-7-15)14-5-8-16(17(20)11-14)18(22)21-12-19(23)9-2-10-19/h3-8,11,23H,2,9-10,12H2,1H3,(H,21,22). The fraction of sp³-hybridized carbons (Fsp3) is 0.316. The number of ether oxygens (including phenoxy) is 1. The van der Waals surface area contributed by atoms with Gasteiger partial charge in [0.1, 0.15) is 11.6 Å². The number of nitrogens with one attached hydrogen (secondary N) is 1. The summed E-state index contributed by atoms with van der Waals surface area (Å²) in [6.07, 6.45) is 2.30. The maximum atomic E-state index is 14.3. The van der Waals surface area contributed by atoms with E-state index in [1.807, 2.05) is 12.1 Å². The Labute approximate surface area is 140 Å². The van der Waals surface area contributed by atoms with Gasteiger partial charge in [-0.05, 0) is 54.7 Å². The Balaban J connectivity index is 1.72. The van der Waals surface area contributed by atoms with Gasteiger partial charge in [-0.3, -0.25) is 4.79 Å². The molecule has 0 radical (unpaired) electrons. The number of benzene rings is 2. The molecule has 0 atom stereocenters. The molecule has 0 spiro atoms. The van der Waals surface area contributed by atoms with Crippen molar-refractivity contribution >= 4 is 5.91 Å². The van der Waals surface area contributed by atoms with Crippen LogP contribution in [0.2, 0.25) is 0 Å². The van der Waals surface area contributed by atoms with E-state index >= 15 is 0 Å². The molecule has 1 aliphatic carbocycles. The first kappa shape index (κ1) is 16.5. The molecule has 0 unspecified atom stereocenters. The summed E-state index contributed by atoms with van der Waals surface area (Å²) in [5.41, 5.74) is 0.680. The fourth-order valence-corrected chi connectivity index (χ4v) is 2.76. The second kappa shape index (κ2) is 6.61. The number of methoxy groups -OCH3 is 1. The Bertz CT molecular complexity index is 739. The average molecular weight is 329 g/mol. The summed E-state index contributed by atoms with van der Waals surface area (Å²) in [4.78, 5) is 12.1. The van der Waals surface area contributed by atoms with Crippen LogP contribution in [-0.2, 0) is 0 Å². The first-order chi connectivity index (χ1) is 11.5. The highest BCUT2D eigenvalue weighted by molar-refractivity contribution is 5.95. The average Bonchev–Trinajstić information content (AvgIpc) is 2.58. The Morgan fingerprint density at radius 3 is 2.42 bits per heavy atom. The van der Waals surface area contributed by atoms with Crippen LogP contribution in [0.3, 0.4) is 0 Å². The van der Waals surface area contributed by atoms with Crippen molar-refractivity contribution in [1.82, 2.24) is 5.32 Å². The minimum Gasteiger partial charge on any atom is -0.497 e. The fourth-order valence-electron chi connectivity index (χ4n) is 2.76. The van der Waals surface area contributed by atoms with Crippen LogP contribution in [0.1, 0.15) is 29.6 Å². The van der Waals surface area contributed by atoms with Crippen LogP contribution < -0.4 is 10.1 Å². The predicted molar refractivity (Wildman–Crippen MR) is 89.5 cm³/mol. The van der Waals surface area contributed by atoms with Crippen LogP contribution in [-0.4, -0.2) is 30.3 Å². The highest BCUT2D eigenvalue weighted by atomic mass is 19.1. The molecular formula is C19H20FNO3. The van der Waals surface area contributed by atoms with Crippen molar-refractivity contribution in [2.24, 2.45) is 0 Å². The van der Waals surface area contributed by atoms with Crippen molar-refractivity contribution in [3.63, 3.8) is 0 Å². The number of amides is 1. The van der Waals surface area contributed by atoms with Gasteiger partial charge in [-0.2, -0.15) is 0 Å². The van der Waals surface area contributed by atoms with E-state index in [9.17, 15) is 14.3 Å². The number of hydrogen-bond acceptors (Lipinski definition) is 3. The number of hydrogen-bond donors (Lipinski definition) is 2. The monoisotopic (exact) mass is 329 g/mol. The summed E-state index contributed by atoms with van der Waals surface area (Å²) >= 11 is 0. The van der Waals surface area contributed by atoms with Gasteiger partial charge in [-0.25, -0.2) is 4.39 Å². The lowest BCUT2D eigenvalue weighted by atomic mass is 9.80. The largest absolute Gasteiger partial charge is 0.497 e. The molecule has 1 aliphatic rings. The van der Waals surface area contributed by atoms with E-state index in [1.54, 1.807) is 25.3 Å². The summed E-state index contributed by atoms with van der Waals surface area (Å²) in [6, 6.07) is 11.8. The number of carbonyl (C=O) groups excluding carboxylic acids is 1. The van der Waals surface area contributed by atoms with Crippen LogP contribution in [0, 0.1) is 5.82 Å². The van der Waals surface area contributed by atoms with Crippen LogP contribution in [0.15, 0.2) is 42.5 Å². The van der Waals surface area contributed by atoms with Crippen molar-refractivity contribution in [2.45, 2.75) is 24.9 Å². The Morgan fingerprint density at radius 1 is 1.21 bits per heavy atom. The summed E-state index contributed by atoms with van der Waals surface area (Å²) in [6.45, 7) is 0.158. The molecule has 0 aromatic heterocycles. The first-order valence-corrected chi connectivity index (χ1v) is 7.95. The van der Waals surface area contributed by atoms with E-state index in [0.29, 0.717) is 18.4 Å². The third-order valence-corrected chi connectivity index (χ3v) is 4.50. The molecule has 1 saturated carbocycles. The van der Waals surface area contributed by atoms with Gasteiger partial charge in [-0.15, -0.1) is 0 Å². The van der Waals surface area contributed by atoms with Crippen molar-refractivity contribution in [2.75, 3.05) is 13.7 Å². The first-order valence-electron chi connectivity index (χ1n) is 7.95. The van der Waals surface area contributed by atoms with Crippen LogP contribution in [0.25, 0.3) is 11.1 Å². The molecular weight excluding hydrogens is 309 g/mol. The number of aliphatic hydroxyl groups is 1. The quantitative estimate of drug-likeness (QED) is 0.886. The zero-order valence-electron chi connectivity index (χ0n) is 13.5. The van der Waals surface area contributed by atoms with Gasteiger partial charge in [0.2, 0.25) is 0 Å². The molecule has 1 amide bonds. The normalized spacial score (nSPS) is 15.5. The van der Waals surface area contributed by atoms with Crippen molar-refractivity contribution in [3.05, 3.63) is 53.8 Å². The van der Waals surface area contributed by atoms with Gasteiger partial charge in [0.05, 0.1) is 18.3 Å². The number of halogens is 1. The smallest absolute Gasteiger partial charge is 0.254 e. The Hall–Kier alpha value is -2.40. The van der Waals surface area contributed by atoms with Gasteiger partial charge in [-0.1, -0.05) is 18.2 Å². The summed E-state index contributed by atoms with van der Waals surface area (Å²) in [5, 5.41) is 12.6. The molecule has 0 bridgehead atoms. The lowest BCUT2D eigenvalue weighted by Gasteiger charge is -2.36. The Kier molecular flexibility index (Phi) is 4.53. The van der Waals surface area contributed by atoms with Crippen LogP contribution in [0.5, 0.6) is 5.75 Å². The third-order valence-electron chi connectivity index (χ3n) is 4.50. The minimum absolute atomic E-state index is 0.0183. The van der Waals surface area contributed by atoms with Crippen LogP contribution >= 0.6 is 0 Å². The highest BCUT2D eigenvalue weighted by Crippen LogP contribution is 2.30. The summed E-state index contributed by atoms with van der Waals surface area (Å²) < 4.78 is 19.4. The van der Waals surface area contributed by atoms with Crippen LogP contribution in [0.4, 0.5) is 4.39 Å². The van der Waals surface area contributed by atoms with Crippen molar-refractivity contribution in [3.8, 4) is 16.9 Å². The molecule has 2 N–H and O–H groups in total. The molecule has 5 heteroatoms. The van der Waals surface area contributed by atoms with E-state index < -0.39 is 17.3 Å². The molecule has 2 aromatic rings. The van der Waals surface area contributed by atoms with Gasteiger partial charge in [0.25, 0.3) is 5.91 Å². The van der Waals surface area contributed by atoms with E-state index in [-0.39, 0.29) is 12.1 Å². The zero-order valence-corrected chi connectivity index (χ0v) is 13.5. The van der Waals surface area contributed by atoms with Crippen molar-refractivity contribution in [1.29, 1.82) is 0 Å². The number of rotatable bonds is 5. The minimum atomic E-state index is -0.824. The second-order valence-corrected chi connectivity index (χ2v) is 6.18. The maximum absolute atomic E-state index is 14.3. The third kappa shape index (κ3) is 3.41. The maximum Gasteiger partial charge on any atom is 0.254 e. The Morgan fingerprint density at radius 2 is 1.88 bits per heavy atom. The topological polar surface area (TPSA) is 58.6 Å². The zero-order chi connectivity index (χ0) is 17.2. The number of carbonyl (C=O) groups is 1. The van der Waals surface area contributed by atoms with E-state index in [2.05, 4.69) is 5.32 Å². The molecule has 3 rings (SSSR count). The molecule has 2 aromatic carbocycles. The van der Waals surface area contributed by atoms with Gasteiger partial charge < -0.3 is 15.2 Å². The molecule has 24 heavy (non-hydrogen) atoms. The second-order valence-electron chi connectivity index (χ2n) is 6.18. The van der Waals surface area contributed by atoms with Gasteiger partial charge in [0.15, 0.2) is 0 Å². The lowest BCUT2D eigenvalue weighted by Crippen LogP contribution is -2.47. The summed E-state index contributed by atoms with van der Waals surface area (Å²) in [7, 11) is 1.59. The van der Waals surface area contributed by atoms with Gasteiger partial charge >= 0.3 is 0 Å². The molecule has 0 aliphatic heterocycles.